The highest BCUT2D eigenvalue weighted by Crippen LogP contribution is 2.09. The van der Waals surface area contributed by atoms with E-state index in [9.17, 15) is 4.79 Å². The van der Waals surface area contributed by atoms with Gasteiger partial charge in [-0.3, -0.25) is 0 Å². The molecule has 0 aromatic rings. The third-order valence-corrected chi connectivity index (χ3v) is 2.66. The first-order valence-electron chi connectivity index (χ1n) is 6.60. The SMILES string of the molecule is C=CC(=O)OCCCCCCCCCCC.O. The highest BCUT2D eigenvalue weighted by Gasteiger charge is 1.95. The van der Waals surface area contributed by atoms with E-state index in [0.717, 1.165) is 12.8 Å². The van der Waals surface area contributed by atoms with Gasteiger partial charge in [-0.15, -0.1) is 0 Å². The number of ether oxygens (including phenoxy) is 1. The number of carbonyl (C=O) groups excluding carboxylic acids is 1. The highest BCUT2D eigenvalue weighted by molar-refractivity contribution is 5.81. The molecule has 0 saturated carbocycles. The molecule has 2 N–H and O–H groups in total. The van der Waals surface area contributed by atoms with Gasteiger partial charge in [-0.1, -0.05) is 64.9 Å². The van der Waals surface area contributed by atoms with Gasteiger partial charge in [0.25, 0.3) is 0 Å². The second-order valence-electron chi connectivity index (χ2n) is 4.20. The molecule has 0 bridgehead atoms. The Labute approximate surface area is 106 Å². The molecular weight excluding hydrogens is 216 g/mol. The van der Waals surface area contributed by atoms with Gasteiger partial charge in [-0.25, -0.2) is 4.79 Å². The Balaban J connectivity index is 0. The standard InChI is InChI=1S/C14H26O2.H2O/c1-3-5-6-7-8-9-10-11-12-13-16-14(15)4-2;/h4H,2-3,5-13H2,1H3;1H2. The molecule has 0 atom stereocenters. The molecule has 0 unspecified atom stereocenters. The van der Waals surface area contributed by atoms with E-state index in [2.05, 4.69) is 13.5 Å². The Kier molecular flexibility index (Phi) is 16.5. The molecular formula is C14H28O3. The lowest BCUT2D eigenvalue weighted by molar-refractivity contribution is -0.137. The minimum Gasteiger partial charge on any atom is -0.463 e. The Morgan fingerprint density at radius 3 is 1.94 bits per heavy atom. The molecule has 0 aliphatic rings. The summed E-state index contributed by atoms with van der Waals surface area (Å²) in [6, 6.07) is 0. The molecule has 0 amide bonds. The summed E-state index contributed by atoms with van der Waals surface area (Å²) in [5.41, 5.74) is 0. The van der Waals surface area contributed by atoms with Gasteiger partial charge < -0.3 is 10.2 Å². The zero-order valence-electron chi connectivity index (χ0n) is 11.2. The molecule has 0 radical (unpaired) electrons. The van der Waals surface area contributed by atoms with Gasteiger partial charge in [0, 0.05) is 6.08 Å². The number of unbranched alkanes of at least 4 members (excludes halogenated alkanes) is 8. The lowest BCUT2D eigenvalue weighted by Crippen LogP contribution is -2.01. The van der Waals surface area contributed by atoms with Gasteiger partial charge in [0.2, 0.25) is 0 Å². The zero-order chi connectivity index (χ0) is 12.1. The van der Waals surface area contributed by atoms with E-state index in [1.54, 1.807) is 0 Å². The van der Waals surface area contributed by atoms with Gasteiger partial charge in [-0.2, -0.15) is 0 Å². The fraction of sp³-hybridized carbons (Fsp3) is 0.786. The summed E-state index contributed by atoms with van der Waals surface area (Å²) in [6.45, 7) is 6.13. The van der Waals surface area contributed by atoms with Crippen LogP contribution in [0.5, 0.6) is 0 Å². The van der Waals surface area contributed by atoms with E-state index >= 15 is 0 Å². The van der Waals surface area contributed by atoms with Gasteiger partial charge >= 0.3 is 5.97 Å². The average molecular weight is 244 g/mol. The van der Waals surface area contributed by atoms with Crippen molar-refractivity contribution in [2.24, 2.45) is 0 Å². The molecule has 0 aliphatic heterocycles. The molecule has 102 valence electrons. The normalized spacial score (nSPS) is 9.47. The van der Waals surface area contributed by atoms with Crippen LogP contribution in [0, 0.1) is 0 Å². The van der Waals surface area contributed by atoms with E-state index < -0.39 is 0 Å². The van der Waals surface area contributed by atoms with Crippen molar-refractivity contribution in [2.45, 2.75) is 64.7 Å². The van der Waals surface area contributed by atoms with Crippen LogP contribution >= 0.6 is 0 Å². The maximum atomic E-state index is 10.7. The molecule has 0 spiro atoms. The molecule has 0 aromatic heterocycles. The Bertz CT molecular complexity index is 178. The zero-order valence-corrected chi connectivity index (χ0v) is 11.2. The van der Waals surface area contributed by atoms with Crippen LogP contribution < -0.4 is 0 Å². The van der Waals surface area contributed by atoms with Crippen LogP contribution in [0.3, 0.4) is 0 Å². The topological polar surface area (TPSA) is 57.8 Å². The van der Waals surface area contributed by atoms with E-state index in [4.69, 9.17) is 4.74 Å². The average Bonchev–Trinajstić information content (AvgIpc) is 2.31. The van der Waals surface area contributed by atoms with E-state index in [1.165, 1.54) is 51.0 Å². The summed E-state index contributed by atoms with van der Waals surface area (Å²) in [7, 11) is 0. The first-order valence-corrected chi connectivity index (χ1v) is 6.60. The second-order valence-corrected chi connectivity index (χ2v) is 4.20. The number of esters is 1. The molecule has 0 fully saturated rings. The number of rotatable bonds is 11. The van der Waals surface area contributed by atoms with Crippen molar-refractivity contribution in [2.75, 3.05) is 6.61 Å². The predicted octanol–water partition coefficient (Wildman–Crippen LogP) is 3.42. The molecule has 0 heterocycles. The largest absolute Gasteiger partial charge is 0.463 e. The fourth-order valence-corrected chi connectivity index (χ4v) is 1.64. The molecule has 0 saturated heterocycles. The molecule has 0 aromatic carbocycles. The first kappa shape index (κ1) is 18.5. The second kappa shape index (κ2) is 15.2. The van der Waals surface area contributed by atoms with Crippen molar-refractivity contribution in [3.8, 4) is 0 Å². The highest BCUT2D eigenvalue weighted by atomic mass is 16.5. The van der Waals surface area contributed by atoms with E-state index in [-0.39, 0.29) is 11.4 Å². The summed E-state index contributed by atoms with van der Waals surface area (Å²) in [5, 5.41) is 0. The monoisotopic (exact) mass is 244 g/mol. The lowest BCUT2D eigenvalue weighted by atomic mass is 10.1. The molecule has 0 aliphatic carbocycles. The van der Waals surface area contributed by atoms with Crippen molar-refractivity contribution >= 4 is 5.97 Å². The smallest absolute Gasteiger partial charge is 0.330 e. The van der Waals surface area contributed by atoms with Gasteiger partial charge in [-0.05, 0) is 6.42 Å². The van der Waals surface area contributed by atoms with Crippen molar-refractivity contribution in [1.82, 2.24) is 0 Å². The summed E-state index contributed by atoms with van der Waals surface area (Å²) in [5.74, 6) is -0.306. The van der Waals surface area contributed by atoms with E-state index in [0.29, 0.717) is 6.61 Å². The third-order valence-electron chi connectivity index (χ3n) is 2.66. The van der Waals surface area contributed by atoms with Crippen molar-refractivity contribution < 1.29 is 15.0 Å². The third kappa shape index (κ3) is 15.2. The van der Waals surface area contributed by atoms with Gasteiger partial charge in [0.1, 0.15) is 0 Å². The maximum absolute atomic E-state index is 10.7. The summed E-state index contributed by atoms with van der Waals surface area (Å²) >= 11 is 0. The quantitative estimate of drug-likeness (QED) is 0.317. The minimum atomic E-state index is -0.306. The van der Waals surface area contributed by atoms with E-state index in [1.807, 2.05) is 0 Å². The number of carbonyl (C=O) groups is 1. The summed E-state index contributed by atoms with van der Waals surface area (Å²) in [4.78, 5) is 10.7. The van der Waals surface area contributed by atoms with Crippen LogP contribution in [0.1, 0.15) is 64.7 Å². The molecule has 3 heteroatoms. The Hall–Kier alpha value is -0.830. The van der Waals surface area contributed by atoms with Crippen LogP contribution in [0.2, 0.25) is 0 Å². The molecule has 3 nitrogen and oxygen atoms in total. The number of hydrogen-bond donors (Lipinski definition) is 0. The van der Waals surface area contributed by atoms with Crippen LogP contribution in [-0.2, 0) is 9.53 Å². The van der Waals surface area contributed by atoms with Crippen LogP contribution in [0.15, 0.2) is 12.7 Å². The summed E-state index contributed by atoms with van der Waals surface area (Å²) < 4.78 is 4.89. The van der Waals surface area contributed by atoms with Crippen LogP contribution in [0.4, 0.5) is 0 Å². The number of hydrogen-bond acceptors (Lipinski definition) is 2. The maximum Gasteiger partial charge on any atom is 0.330 e. The molecule has 0 rings (SSSR count). The van der Waals surface area contributed by atoms with Gasteiger partial charge in [0.05, 0.1) is 6.61 Å². The van der Waals surface area contributed by atoms with Crippen molar-refractivity contribution in [3.63, 3.8) is 0 Å². The van der Waals surface area contributed by atoms with Crippen LogP contribution in [-0.4, -0.2) is 18.1 Å². The minimum absolute atomic E-state index is 0. The Morgan fingerprint density at radius 2 is 1.47 bits per heavy atom. The fourth-order valence-electron chi connectivity index (χ4n) is 1.64. The van der Waals surface area contributed by atoms with Gasteiger partial charge in [0.15, 0.2) is 0 Å². The predicted molar refractivity (Wildman–Crippen MR) is 72.0 cm³/mol. The molecule has 17 heavy (non-hydrogen) atoms. The van der Waals surface area contributed by atoms with Crippen molar-refractivity contribution in [1.29, 1.82) is 0 Å². The summed E-state index contributed by atoms with van der Waals surface area (Å²) in [6.07, 6.45) is 12.7. The van der Waals surface area contributed by atoms with Crippen LogP contribution in [0.25, 0.3) is 0 Å². The van der Waals surface area contributed by atoms with Crippen molar-refractivity contribution in [3.05, 3.63) is 12.7 Å². The lowest BCUT2D eigenvalue weighted by Gasteiger charge is -2.02. The first-order chi connectivity index (χ1) is 7.81. The Morgan fingerprint density at radius 1 is 1.00 bits per heavy atom.